The molecule has 1 unspecified atom stereocenters. The van der Waals surface area contributed by atoms with E-state index >= 15 is 0 Å². The lowest BCUT2D eigenvalue weighted by molar-refractivity contribution is -0.242. The first-order valence-electron chi connectivity index (χ1n) is 11.8. The normalized spacial score (nSPS) is 16.0. The Morgan fingerprint density at radius 3 is 2.36 bits per heavy atom. The second-order valence-electron chi connectivity index (χ2n) is 9.35. The van der Waals surface area contributed by atoms with Crippen LogP contribution in [-0.4, -0.2) is 53.9 Å². The molecule has 3 aromatic rings. The van der Waals surface area contributed by atoms with Gasteiger partial charge >= 0.3 is 12.3 Å². The van der Waals surface area contributed by atoms with Crippen molar-refractivity contribution >= 4 is 60.5 Å². The highest BCUT2D eigenvalue weighted by Crippen LogP contribution is 2.39. The van der Waals surface area contributed by atoms with Crippen LogP contribution in [0, 0.1) is 5.82 Å². The van der Waals surface area contributed by atoms with Gasteiger partial charge < -0.3 is 9.47 Å². The number of ether oxygens (including phenoxy) is 2. The van der Waals surface area contributed by atoms with E-state index in [1.165, 1.54) is 24.3 Å². The van der Waals surface area contributed by atoms with Crippen LogP contribution < -0.4 is 19.1 Å². The number of anilines is 2. The lowest BCUT2D eigenvalue weighted by Crippen LogP contribution is -2.48. The summed E-state index contributed by atoms with van der Waals surface area (Å²) in [6, 6.07) is 10.2. The number of carbonyl (C=O) groups excluding carboxylic acids is 1. The number of fused-ring (bicyclic) bond motifs is 1. The highest BCUT2D eigenvalue weighted by Gasteiger charge is 2.51. The minimum atomic E-state index is -4.86. The van der Waals surface area contributed by atoms with Gasteiger partial charge in [-0.1, -0.05) is 11.6 Å². The number of rotatable bonds is 8. The molecule has 4 rings (SSSR count). The molecule has 2 N–H and O–H groups in total. The zero-order chi connectivity index (χ0) is 31.1. The molecule has 0 saturated heterocycles. The van der Waals surface area contributed by atoms with Crippen LogP contribution in [0.3, 0.4) is 0 Å². The van der Waals surface area contributed by atoms with Gasteiger partial charge in [0.2, 0.25) is 15.6 Å². The molecule has 1 amide bonds. The molecule has 10 nitrogen and oxygen atoms in total. The Kier molecular flexibility index (Phi) is 8.72. The molecule has 2 heterocycles. The third kappa shape index (κ3) is 6.91. The molecule has 0 radical (unpaired) electrons. The quantitative estimate of drug-likeness (QED) is 0.308. The molecule has 0 spiro atoms. The number of benzene rings is 2. The molecule has 1 aliphatic rings. The summed E-state index contributed by atoms with van der Waals surface area (Å²) < 4.78 is 119. The Bertz CT molecular complexity index is 1700. The SMILES string of the molecule is CC(C)(OC(=O)Nc1ccc2c(c1)N(S(=O)(=O)c1ccc(F)cc1)CC(CNS(=O)(=O)c1ccc(Cl)s1)O2)C(F)(F)F. The smallest absolute Gasteiger partial charge is 0.427 e. The van der Waals surface area contributed by atoms with Gasteiger partial charge in [0.15, 0.2) is 0 Å². The molecular weight excluding hydrogens is 650 g/mol. The van der Waals surface area contributed by atoms with Gasteiger partial charge in [-0.05, 0) is 68.4 Å². The molecule has 228 valence electrons. The van der Waals surface area contributed by atoms with E-state index in [4.69, 9.17) is 16.3 Å². The summed E-state index contributed by atoms with van der Waals surface area (Å²) in [4.78, 5) is 11.9. The second-order valence-corrected chi connectivity index (χ2v) is 14.9. The number of thiophene rings is 1. The van der Waals surface area contributed by atoms with Crippen molar-refractivity contribution in [1.82, 2.24) is 4.72 Å². The molecule has 2 aromatic carbocycles. The van der Waals surface area contributed by atoms with Crippen LogP contribution in [0.2, 0.25) is 4.34 Å². The fourth-order valence-corrected chi connectivity index (χ4v) is 7.70. The number of carbonyl (C=O) groups is 1. The van der Waals surface area contributed by atoms with Gasteiger partial charge in [0.05, 0.1) is 21.5 Å². The van der Waals surface area contributed by atoms with E-state index < -0.39 is 56.4 Å². The first kappa shape index (κ1) is 31.8. The molecule has 0 aliphatic carbocycles. The van der Waals surface area contributed by atoms with E-state index in [1.807, 2.05) is 0 Å². The van der Waals surface area contributed by atoms with Gasteiger partial charge in [0.1, 0.15) is 21.9 Å². The molecule has 0 bridgehead atoms. The lowest BCUT2D eigenvalue weighted by atomic mass is 10.1. The Hall–Kier alpha value is -3.12. The summed E-state index contributed by atoms with van der Waals surface area (Å²) >= 11 is 6.64. The molecule has 1 aromatic heterocycles. The van der Waals surface area contributed by atoms with Gasteiger partial charge in [0.25, 0.3) is 10.0 Å². The largest absolute Gasteiger partial charge is 0.485 e. The lowest BCUT2D eigenvalue weighted by Gasteiger charge is -2.35. The van der Waals surface area contributed by atoms with Crippen LogP contribution in [-0.2, 0) is 24.8 Å². The number of nitrogens with zero attached hydrogens (tertiary/aromatic N) is 1. The topological polar surface area (TPSA) is 131 Å². The van der Waals surface area contributed by atoms with Crippen molar-refractivity contribution in [3.63, 3.8) is 0 Å². The number of sulfonamides is 2. The van der Waals surface area contributed by atoms with Crippen LogP contribution >= 0.6 is 22.9 Å². The van der Waals surface area contributed by atoms with Crippen LogP contribution in [0.1, 0.15) is 13.8 Å². The standard InChI is InChI=1S/C24H22ClF4N3O7S3/c1-23(2,24(27,28)29)39-22(33)31-15-5-8-19-18(11-15)32(42(36,37)17-6-3-14(26)4-7-17)13-16(38-19)12-30-41(34,35)21-10-9-20(25)40-21/h3-11,16,30H,12-13H2,1-2H3,(H,31,33). The maximum atomic E-state index is 13.6. The van der Waals surface area contributed by atoms with Crippen LogP contribution in [0.5, 0.6) is 5.75 Å². The second kappa shape index (κ2) is 11.5. The summed E-state index contributed by atoms with van der Waals surface area (Å²) in [6.07, 6.45) is -7.38. The fraction of sp³-hybridized carbons (Fsp3) is 0.292. The summed E-state index contributed by atoms with van der Waals surface area (Å²) in [5.41, 5.74) is -3.08. The maximum absolute atomic E-state index is 13.6. The molecule has 1 aliphatic heterocycles. The monoisotopic (exact) mass is 671 g/mol. The van der Waals surface area contributed by atoms with E-state index in [9.17, 15) is 39.2 Å². The number of alkyl halides is 3. The molecule has 42 heavy (non-hydrogen) atoms. The fourth-order valence-electron chi connectivity index (χ4n) is 3.61. The minimum Gasteiger partial charge on any atom is -0.485 e. The zero-order valence-corrected chi connectivity index (χ0v) is 24.8. The first-order chi connectivity index (χ1) is 19.4. The van der Waals surface area contributed by atoms with Gasteiger partial charge in [-0.3, -0.25) is 9.62 Å². The van der Waals surface area contributed by atoms with Crippen molar-refractivity contribution in [2.45, 2.75) is 40.8 Å². The van der Waals surface area contributed by atoms with Crippen molar-refractivity contribution in [1.29, 1.82) is 0 Å². The summed E-state index contributed by atoms with van der Waals surface area (Å²) in [5.74, 6) is -0.742. The van der Waals surface area contributed by atoms with Crippen LogP contribution in [0.4, 0.5) is 33.7 Å². The predicted octanol–water partition coefficient (Wildman–Crippen LogP) is 5.36. The molecule has 1 atom stereocenters. The van der Waals surface area contributed by atoms with Crippen LogP contribution in [0.15, 0.2) is 63.7 Å². The third-order valence-electron chi connectivity index (χ3n) is 5.88. The molecule has 0 fully saturated rings. The van der Waals surface area contributed by atoms with Crippen molar-refractivity contribution in [2.75, 3.05) is 22.7 Å². The van der Waals surface area contributed by atoms with Crippen molar-refractivity contribution in [3.05, 3.63) is 64.8 Å². The van der Waals surface area contributed by atoms with Gasteiger partial charge in [-0.2, -0.15) is 13.2 Å². The van der Waals surface area contributed by atoms with Crippen LogP contribution in [0.25, 0.3) is 0 Å². The average molecular weight is 672 g/mol. The Morgan fingerprint density at radius 2 is 1.76 bits per heavy atom. The van der Waals surface area contributed by atoms with Crippen molar-refractivity contribution in [2.24, 2.45) is 0 Å². The number of nitrogens with one attached hydrogen (secondary N) is 2. The van der Waals surface area contributed by atoms with Gasteiger partial charge in [0, 0.05) is 12.2 Å². The summed E-state index contributed by atoms with van der Waals surface area (Å²) in [7, 11) is -8.44. The average Bonchev–Trinajstić information content (AvgIpc) is 3.33. The molecule has 18 heteroatoms. The highest BCUT2D eigenvalue weighted by atomic mass is 35.5. The Balaban J connectivity index is 1.64. The summed E-state index contributed by atoms with van der Waals surface area (Å²) in [6.45, 7) is 0.512. The zero-order valence-electron chi connectivity index (χ0n) is 21.6. The first-order valence-corrected chi connectivity index (χ1v) is 15.9. The Morgan fingerprint density at radius 1 is 1.10 bits per heavy atom. The number of amides is 1. The summed E-state index contributed by atoms with van der Waals surface area (Å²) in [5, 5.41) is 2.13. The third-order valence-corrected chi connectivity index (χ3v) is 10.8. The number of halogens is 5. The van der Waals surface area contributed by atoms with E-state index in [0.717, 1.165) is 46.0 Å². The molecular formula is C24H22ClF4N3O7S3. The van der Waals surface area contributed by atoms with E-state index in [0.29, 0.717) is 13.8 Å². The van der Waals surface area contributed by atoms with Crippen molar-refractivity contribution in [3.8, 4) is 5.75 Å². The van der Waals surface area contributed by atoms with E-state index in [2.05, 4.69) is 14.8 Å². The van der Waals surface area contributed by atoms with E-state index in [1.54, 1.807) is 0 Å². The van der Waals surface area contributed by atoms with Crippen molar-refractivity contribution < 1.29 is 48.7 Å². The predicted molar refractivity (Wildman–Crippen MR) is 147 cm³/mol. The Labute approximate surface area is 247 Å². The molecule has 0 saturated carbocycles. The maximum Gasteiger partial charge on any atom is 0.427 e. The number of hydrogen-bond donors (Lipinski definition) is 2. The minimum absolute atomic E-state index is 0.0511. The van der Waals surface area contributed by atoms with Gasteiger partial charge in [-0.15, -0.1) is 11.3 Å². The van der Waals surface area contributed by atoms with Gasteiger partial charge in [-0.25, -0.2) is 30.7 Å². The highest BCUT2D eigenvalue weighted by molar-refractivity contribution is 7.93. The number of hydrogen-bond acceptors (Lipinski definition) is 8. The van der Waals surface area contributed by atoms with E-state index in [-0.39, 0.29) is 37.1 Å².